The predicted octanol–water partition coefficient (Wildman–Crippen LogP) is 1.82. The van der Waals surface area contributed by atoms with Crippen molar-refractivity contribution in [2.24, 2.45) is 0 Å². The third-order valence-corrected chi connectivity index (χ3v) is 3.23. The number of allylic oxidation sites excluding steroid dienone is 2. The van der Waals surface area contributed by atoms with Crippen LogP contribution in [0.4, 0.5) is 13.2 Å². The molecule has 0 amide bonds. The first-order chi connectivity index (χ1) is 8.32. The summed E-state index contributed by atoms with van der Waals surface area (Å²) in [4.78, 5) is 1.61. The van der Waals surface area contributed by atoms with Crippen molar-refractivity contribution in [1.29, 1.82) is 5.26 Å². The standard InChI is InChI=1S/C10H9BrF3N3O/c1-17-4-5(3-15)2-6(11)8(17)16-9-7(18-9)10(12,13)14/h2,4,7-9,16H,1H3. The number of halogens is 4. The van der Waals surface area contributed by atoms with E-state index in [0.29, 0.717) is 10.1 Å². The summed E-state index contributed by atoms with van der Waals surface area (Å²) in [6.45, 7) is 0. The van der Waals surface area contributed by atoms with Crippen LogP contribution in [0.15, 0.2) is 22.3 Å². The lowest BCUT2D eigenvalue weighted by molar-refractivity contribution is -0.146. The molecule has 0 aliphatic carbocycles. The van der Waals surface area contributed by atoms with Crippen molar-refractivity contribution in [3.05, 3.63) is 22.3 Å². The van der Waals surface area contributed by atoms with Crippen molar-refractivity contribution in [1.82, 2.24) is 10.2 Å². The first kappa shape index (κ1) is 13.4. The maximum absolute atomic E-state index is 12.3. The molecule has 2 rings (SSSR count). The molecule has 8 heteroatoms. The van der Waals surface area contributed by atoms with Gasteiger partial charge in [0.05, 0.1) is 5.57 Å². The molecule has 0 aromatic carbocycles. The molecule has 0 radical (unpaired) electrons. The molecule has 2 aliphatic heterocycles. The van der Waals surface area contributed by atoms with Crippen molar-refractivity contribution in [3.8, 4) is 6.07 Å². The van der Waals surface area contributed by atoms with Crippen LogP contribution in [0.1, 0.15) is 0 Å². The smallest absolute Gasteiger partial charge is 0.359 e. The van der Waals surface area contributed by atoms with Crippen LogP contribution in [0.5, 0.6) is 0 Å². The van der Waals surface area contributed by atoms with Gasteiger partial charge in [0.1, 0.15) is 18.5 Å². The van der Waals surface area contributed by atoms with Gasteiger partial charge in [-0.1, -0.05) is 15.9 Å². The molecule has 0 aromatic rings. The van der Waals surface area contributed by atoms with Crippen molar-refractivity contribution in [2.45, 2.75) is 24.7 Å². The number of hydrogen-bond acceptors (Lipinski definition) is 4. The van der Waals surface area contributed by atoms with Crippen molar-refractivity contribution in [2.75, 3.05) is 7.05 Å². The van der Waals surface area contributed by atoms with Crippen molar-refractivity contribution >= 4 is 15.9 Å². The topological polar surface area (TPSA) is 51.6 Å². The number of nitrogens with one attached hydrogen (secondary N) is 1. The Morgan fingerprint density at radius 2 is 2.22 bits per heavy atom. The molecule has 0 spiro atoms. The molecule has 2 heterocycles. The van der Waals surface area contributed by atoms with Crippen LogP contribution in [0.3, 0.4) is 0 Å². The van der Waals surface area contributed by atoms with Gasteiger partial charge in [0, 0.05) is 17.7 Å². The summed E-state index contributed by atoms with van der Waals surface area (Å²) in [6.07, 6.45) is -4.52. The maximum Gasteiger partial charge on any atom is 0.418 e. The monoisotopic (exact) mass is 323 g/mol. The van der Waals surface area contributed by atoms with Crippen LogP contribution in [-0.4, -0.2) is 36.6 Å². The minimum absolute atomic E-state index is 0.423. The Labute approximate surface area is 110 Å². The number of epoxide rings is 1. The summed E-state index contributed by atoms with van der Waals surface area (Å²) in [5.41, 5.74) is 0.423. The van der Waals surface area contributed by atoms with Gasteiger partial charge in [-0.3, -0.25) is 5.32 Å². The zero-order valence-electron chi connectivity index (χ0n) is 9.20. The van der Waals surface area contributed by atoms with E-state index >= 15 is 0 Å². The van der Waals surface area contributed by atoms with Gasteiger partial charge in [0.2, 0.25) is 0 Å². The Bertz CT molecular complexity index is 454. The highest BCUT2D eigenvalue weighted by Gasteiger charge is 2.58. The number of rotatable bonds is 2. The zero-order valence-corrected chi connectivity index (χ0v) is 10.8. The van der Waals surface area contributed by atoms with Gasteiger partial charge >= 0.3 is 6.18 Å². The summed E-state index contributed by atoms with van der Waals surface area (Å²) in [6, 6.07) is 1.96. The summed E-state index contributed by atoms with van der Waals surface area (Å²) < 4.78 is 42.0. The van der Waals surface area contributed by atoms with Crippen LogP contribution in [-0.2, 0) is 4.74 Å². The van der Waals surface area contributed by atoms with E-state index < -0.39 is 24.7 Å². The van der Waals surface area contributed by atoms with E-state index in [4.69, 9.17) is 5.26 Å². The molecule has 98 valence electrons. The number of nitrogens with zero attached hydrogens (tertiary/aromatic N) is 2. The number of nitriles is 1. The summed E-state index contributed by atoms with van der Waals surface area (Å²) >= 11 is 3.23. The van der Waals surface area contributed by atoms with E-state index in [9.17, 15) is 13.2 Å². The molecular weight excluding hydrogens is 315 g/mol. The van der Waals surface area contributed by atoms with Gasteiger partial charge in [-0.2, -0.15) is 18.4 Å². The zero-order chi connectivity index (χ0) is 13.5. The van der Waals surface area contributed by atoms with Gasteiger partial charge in [-0.05, 0) is 6.08 Å². The van der Waals surface area contributed by atoms with E-state index in [0.717, 1.165) is 0 Å². The first-order valence-electron chi connectivity index (χ1n) is 5.02. The third kappa shape index (κ3) is 2.68. The van der Waals surface area contributed by atoms with Crippen molar-refractivity contribution < 1.29 is 17.9 Å². The lowest BCUT2D eigenvalue weighted by atomic mass is 10.2. The molecule has 2 aliphatic rings. The SMILES string of the molecule is CN1C=C(C#N)C=C(Br)C1NC1OC1C(F)(F)F. The molecule has 4 nitrogen and oxygen atoms in total. The Morgan fingerprint density at radius 1 is 1.56 bits per heavy atom. The summed E-state index contributed by atoms with van der Waals surface area (Å²) in [5, 5.41) is 11.5. The summed E-state index contributed by atoms with van der Waals surface area (Å²) in [5.74, 6) is 0. The van der Waals surface area contributed by atoms with Gasteiger partial charge in [-0.15, -0.1) is 0 Å². The minimum atomic E-state index is -4.35. The second-order valence-corrected chi connectivity index (χ2v) is 4.89. The molecule has 1 N–H and O–H groups in total. The third-order valence-electron chi connectivity index (χ3n) is 2.57. The Kier molecular flexibility index (Phi) is 3.40. The lowest BCUT2D eigenvalue weighted by Gasteiger charge is -2.30. The average Bonchev–Trinajstić information content (AvgIpc) is 3.02. The fourth-order valence-electron chi connectivity index (χ4n) is 1.66. The highest BCUT2D eigenvalue weighted by molar-refractivity contribution is 9.11. The Morgan fingerprint density at radius 3 is 2.67 bits per heavy atom. The first-order valence-corrected chi connectivity index (χ1v) is 5.81. The van der Waals surface area contributed by atoms with Gasteiger partial charge in [-0.25, -0.2) is 0 Å². The molecule has 18 heavy (non-hydrogen) atoms. The minimum Gasteiger partial charge on any atom is -0.359 e. The fourth-order valence-corrected chi connectivity index (χ4v) is 2.36. The Hall–Kier alpha value is -1.04. The highest BCUT2D eigenvalue weighted by atomic mass is 79.9. The molecule has 3 unspecified atom stereocenters. The molecule has 0 bridgehead atoms. The fraction of sp³-hybridized carbons (Fsp3) is 0.500. The number of hydrogen-bond donors (Lipinski definition) is 1. The average molecular weight is 324 g/mol. The Balaban J connectivity index is 1.99. The normalized spacial score (nSPS) is 31.6. The second-order valence-electron chi connectivity index (χ2n) is 3.98. The second kappa shape index (κ2) is 4.57. The molecule has 1 fully saturated rings. The van der Waals surface area contributed by atoms with E-state index in [1.165, 1.54) is 0 Å². The maximum atomic E-state index is 12.3. The van der Waals surface area contributed by atoms with Crippen molar-refractivity contribution in [3.63, 3.8) is 0 Å². The molecule has 0 saturated carbocycles. The van der Waals surface area contributed by atoms with E-state index in [2.05, 4.69) is 26.0 Å². The van der Waals surface area contributed by atoms with Gasteiger partial charge < -0.3 is 9.64 Å². The predicted molar refractivity (Wildman–Crippen MR) is 60.1 cm³/mol. The van der Waals surface area contributed by atoms with Crippen LogP contribution >= 0.6 is 15.9 Å². The number of ether oxygens (including phenoxy) is 1. The van der Waals surface area contributed by atoms with E-state index in [-0.39, 0.29) is 0 Å². The molecular formula is C10H9BrF3N3O. The number of alkyl halides is 3. The molecule has 0 aromatic heterocycles. The lowest BCUT2D eigenvalue weighted by Crippen LogP contribution is -2.45. The van der Waals surface area contributed by atoms with E-state index in [1.807, 2.05) is 6.07 Å². The van der Waals surface area contributed by atoms with Crippen LogP contribution in [0, 0.1) is 11.3 Å². The molecule has 1 saturated heterocycles. The summed E-state index contributed by atoms with van der Waals surface area (Å²) in [7, 11) is 1.66. The van der Waals surface area contributed by atoms with Gasteiger partial charge in [0.25, 0.3) is 0 Å². The highest BCUT2D eigenvalue weighted by Crippen LogP contribution is 2.37. The quantitative estimate of drug-likeness (QED) is 0.788. The number of likely N-dealkylation sites (N-methyl/N-ethyl adjacent to an activating group) is 1. The van der Waals surface area contributed by atoms with Crippen LogP contribution in [0.2, 0.25) is 0 Å². The molecule has 3 atom stereocenters. The van der Waals surface area contributed by atoms with Crippen LogP contribution in [0.25, 0.3) is 0 Å². The largest absolute Gasteiger partial charge is 0.418 e. The van der Waals surface area contributed by atoms with E-state index in [1.54, 1.807) is 24.2 Å². The van der Waals surface area contributed by atoms with Crippen LogP contribution < -0.4 is 5.32 Å². The van der Waals surface area contributed by atoms with Gasteiger partial charge in [0.15, 0.2) is 6.10 Å².